The number of piperidine rings is 1. The number of carbonyl (C=O) groups excluding carboxylic acids is 1. The Balaban J connectivity index is 2.11. The molecule has 6 heteroatoms. The third kappa shape index (κ3) is 3.02. The number of hydrazine groups is 2. The lowest BCUT2D eigenvalue weighted by atomic mass is 10.00. The zero-order valence-electron chi connectivity index (χ0n) is 11.4. The van der Waals surface area contributed by atoms with Crippen LogP contribution in [0.25, 0.3) is 0 Å². The van der Waals surface area contributed by atoms with Gasteiger partial charge in [0.15, 0.2) is 5.82 Å². The van der Waals surface area contributed by atoms with E-state index in [0.29, 0.717) is 23.5 Å². The van der Waals surface area contributed by atoms with Crippen molar-refractivity contribution in [1.29, 1.82) is 0 Å². The molecule has 2 unspecified atom stereocenters. The molecule has 1 aromatic rings. The van der Waals surface area contributed by atoms with E-state index in [2.05, 4.69) is 29.7 Å². The maximum Gasteiger partial charge on any atom is 0.269 e. The molecular weight excluding hydrogens is 242 g/mol. The Morgan fingerprint density at radius 1 is 1.42 bits per heavy atom. The van der Waals surface area contributed by atoms with Gasteiger partial charge in [0.2, 0.25) is 0 Å². The molecule has 1 aromatic heterocycles. The molecule has 19 heavy (non-hydrogen) atoms. The number of amides is 1. The predicted octanol–water partition coefficient (Wildman–Crippen LogP) is 1.27. The Bertz CT molecular complexity index is 440. The first-order valence-corrected chi connectivity index (χ1v) is 6.64. The van der Waals surface area contributed by atoms with E-state index in [4.69, 9.17) is 5.84 Å². The number of nitrogens with zero attached hydrogens (tertiary/aromatic N) is 2. The molecule has 2 atom stereocenters. The second-order valence-electron chi connectivity index (χ2n) is 5.02. The predicted molar refractivity (Wildman–Crippen MR) is 74.1 cm³/mol. The summed E-state index contributed by atoms with van der Waals surface area (Å²) in [7, 11) is 0. The normalized spacial score (nSPS) is 23.9. The number of hydrogen-bond acceptors (Lipinski definition) is 5. The molecule has 0 aliphatic carbocycles. The van der Waals surface area contributed by atoms with Gasteiger partial charge >= 0.3 is 0 Å². The fourth-order valence-corrected chi connectivity index (χ4v) is 2.52. The highest BCUT2D eigenvalue weighted by Gasteiger charge is 2.27. The second kappa shape index (κ2) is 5.99. The molecule has 6 nitrogen and oxygen atoms in total. The Kier molecular flexibility index (Phi) is 4.34. The van der Waals surface area contributed by atoms with Crippen molar-refractivity contribution in [2.45, 2.75) is 45.2 Å². The smallest absolute Gasteiger partial charge is 0.269 e. The molecule has 1 fully saturated rings. The first-order chi connectivity index (χ1) is 9.13. The lowest BCUT2D eigenvalue weighted by Gasteiger charge is -2.38. The molecular formula is C13H21N5O. The monoisotopic (exact) mass is 263 g/mol. The van der Waals surface area contributed by atoms with Crippen LogP contribution in [-0.2, 0) is 0 Å². The lowest BCUT2D eigenvalue weighted by molar-refractivity contribution is 0.0370. The fourth-order valence-electron chi connectivity index (χ4n) is 2.52. The van der Waals surface area contributed by atoms with Gasteiger partial charge in [-0.2, -0.15) is 0 Å². The highest BCUT2D eigenvalue weighted by molar-refractivity contribution is 5.98. The molecule has 1 aliphatic rings. The van der Waals surface area contributed by atoms with Crippen LogP contribution >= 0.6 is 0 Å². The summed E-state index contributed by atoms with van der Waals surface area (Å²) >= 11 is 0. The van der Waals surface area contributed by atoms with Gasteiger partial charge in [-0.05, 0) is 38.8 Å². The molecule has 0 spiro atoms. The minimum Gasteiger partial charge on any atom is -0.308 e. The van der Waals surface area contributed by atoms with E-state index < -0.39 is 0 Å². The van der Waals surface area contributed by atoms with Gasteiger partial charge in [0.25, 0.3) is 5.91 Å². The Morgan fingerprint density at radius 3 is 2.74 bits per heavy atom. The molecule has 0 radical (unpaired) electrons. The van der Waals surface area contributed by atoms with E-state index in [1.165, 1.54) is 6.42 Å². The molecule has 2 rings (SSSR count). The van der Waals surface area contributed by atoms with Crippen LogP contribution in [0.3, 0.4) is 0 Å². The summed E-state index contributed by atoms with van der Waals surface area (Å²) in [5.41, 5.74) is 5.87. The Morgan fingerprint density at radius 2 is 2.11 bits per heavy atom. The number of nitrogens with two attached hydrogens (primary N) is 1. The summed E-state index contributed by atoms with van der Waals surface area (Å²) in [6, 6.07) is 4.12. The van der Waals surface area contributed by atoms with E-state index in [1.807, 2.05) is 5.01 Å². The number of anilines is 1. The van der Waals surface area contributed by atoms with Crippen LogP contribution in [0, 0.1) is 0 Å². The van der Waals surface area contributed by atoms with Crippen molar-refractivity contribution >= 4 is 11.7 Å². The highest BCUT2D eigenvalue weighted by Crippen LogP contribution is 2.21. The van der Waals surface area contributed by atoms with Crippen LogP contribution < -0.4 is 16.7 Å². The van der Waals surface area contributed by atoms with Gasteiger partial charge in [0.05, 0.1) is 5.56 Å². The molecule has 0 bridgehead atoms. The van der Waals surface area contributed by atoms with E-state index in [0.717, 1.165) is 12.8 Å². The third-order valence-corrected chi connectivity index (χ3v) is 3.61. The first-order valence-electron chi connectivity index (χ1n) is 6.64. The standard InChI is InChI=1S/C13H21N5O/c1-9-5-3-6-10(2)18(9)17-13(19)11-7-4-8-15-12(11)16-14/h4,7-10H,3,5-6,14H2,1-2H3,(H,15,16)(H,17,19). The molecule has 1 saturated heterocycles. The van der Waals surface area contributed by atoms with Gasteiger partial charge in [-0.15, -0.1) is 0 Å². The van der Waals surface area contributed by atoms with Gasteiger partial charge < -0.3 is 5.43 Å². The number of nitrogens with one attached hydrogen (secondary N) is 2. The maximum atomic E-state index is 12.3. The second-order valence-corrected chi connectivity index (χ2v) is 5.02. The van der Waals surface area contributed by atoms with Crippen molar-refractivity contribution in [3.63, 3.8) is 0 Å². The molecule has 4 N–H and O–H groups in total. The number of rotatable bonds is 3. The molecule has 2 heterocycles. The zero-order valence-corrected chi connectivity index (χ0v) is 11.4. The number of hydrogen-bond donors (Lipinski definition) is 3. The largest absolute Gasteiger partial charge is 0.308 e. The van der Waals surface area contributed by atoms with Crippen molar-refractivity contribution in [3.05, 3.63) is 23.9 Å². The molecule has 1 amide bonds. The first kappa shape index (κ1) is 13.8. The topological polar surface area (TPSA) is 83.3 Å². The van der Waals surface area contributed by atoms with Crippen LogP contribution in [0.1, 0.15) is 43.5 Å². The molecule has 104 valence electrons. The summed E-state index contributed by atoms with van der Waals surface area (Å²) < 4.78 is 0. The summed E-state index contributed by atoms with van der Waals surface area (Å²) in [6.45, 7) is 4.25. The van der Waals surface area contributed by atoms with Crippen molar-refractivity contribution in [1.82, 2.24) is 15.4 Å². The van der Waals surface area contributed by atoms with Crippen LogP contribution in [0.15, 0.2) is 18.3 Å². The van der Waals surface area contributed by atoms with Gasteiger partial charge in [-0.25, -0.2) is 15.8 Å². The molecule has 0 saturated carbocycles. The zero-order chi connectivity index (χ0) is 13.8. The van der Waals surface area contributed by atoms with E-state index in [-0.39, 0.29) is 5.91 Å². The Labute approximate surface area is 113 Å². The number of pyridine rings is 1. The highest BCUT2D eigenvalue weighted by atomic mass is 16.2. The fraction of sp³-hybridized carbons (Fsp3) is 0.538. The lowest BCUT2D eigenvalue weighted by Crippen LogP contribution is -2.54. The minimum absolute atomic E-state index is 0.179. The summed E-state index contributed by atoms with van der Waals surface area (Å²) in [6.07, 6.45) is 4.99. The maximum absolute atomic E-state index is 12.3. The van der Waals surface area contributed by atoms with Gasteiger partial charge in [-0.1, -0.05) is 6.42 Å². The Hall–Kier alpha value is -1.66. The quantitative estimate of drug-likeness (QED) is 0.565. The van der Waals surface area contributed by atoms with Crippen molar-refractivity contribution in [2.24, 2.45) is 5.84 Å². The van der Waals surface area contributed by atoms with Crippen molar-refractivity contribution in [2.75, 3.05) is 5.43 Å². The van der Waals surface area contributed by atoms with Gasteiger partial charge in [0, 0.05) is 18.3 Å². The summed E-state index contributed by atoms with van der Waals surface area (Å²) in [5.74, 6) is 5.58. The number of nitrogen functional groups attached to an aromatic ring is 1. The SMILES string of the molecule is CC1CCCC(C)N1NC(=O)c1cccnc1NN. The van der Waals surface area contributed by atoms with E-state index in [1.54, 1.807) is 18.3 Å². The summed E-state index contributed by atoms with van der Waals surface area (Å²) in [4.78, 5) is 16.3. The van der Waals surface area contributed by atoms with Crippen molar-refractivity contribution in [3.8, 4) is 0 Å². The molecule has 0 aromatic carbocycles. The van der Waals surface area contributed by atoms with E-state index in [9.17, 15) is 4.79 Å². The van der Waals surface area contributed by atoms with Crippen LogP contribution in [-0.4, -0.2) is 28.0 Å². The number of aromatic nitrogens is 1. The van der Waals surface area contributed by atoms with Gasteiger partial charge in [-0.3, -0.25) is 10.2 Å². The van der Waals surface area contributed by atoms with E-state index >= 15 is 0 Å². The van der Waals surface area contributed by atoms with Crippen molar-refractivity contribution < 1.29 is 4.79 Å². The molecule has 1 aliphatic heterocycles. The average molecular weight is 263 g/mol. The van der Waals surface area contributed by atoms with Crippen LogP contribution in [0.4, 0.5) is 5.82 Å². The van der Waals surface area contributed by atoms with Gasteiger partial charge in [0.1, 0.15) is 0 Å². The minimum atomic E-state index is -0.179. The van der Waals surface area contributed by atoms with Crippen LogP contribution in [0.2, 0.25) is 0 Å². The number of carbonyl (C=O) groups is 1. The summed E-state index contributed by atoms with van der Waals surface area (Å²) in [5, 5.41) is 2.03. The average Bonchev–Trinajstić information content (AvgIpc) is 2.42. The third-order valence-electron chi connectivity index (χ3n) is 3.61. The van der Waals surface area contributed by atoms with Crippen LogP contribution in [0.5, 0.6) is 0 Å².